The first-order valence-corrected chi connectivity index (χ1v) is 10.4. The van der Waals surface area contributed by atoms with Gasteiger partial charge in [0.05, 0.1) is 36.5 Å². The second kappa shape index (κ2) is 11.6. The number of carboxylic acids is 1. The summed E-state index contributed by atoms with van der Waals surface area (Å²) in [5.41, 5.74) is 3.06. The van der Waals surface area contributed by atoms with Crippen molar-refractivity contribution in [2.75, 3.05) is 18.6 Å². The molecular weight excluding hydrogens is 444 g/mol. The van der Waals surface area contributed by atoms with Crippen molar-refractivity contribution in [2.24, 2.45) is 5.10 Å². The highest BCUT2D eigenvalue weighted by Crippen LogP contribution is 2.39. The number of nitro benzene ring substituents is 1. The normalized spacial score (nSPS) is 11.7. The van der Waals surface area contributed by atoms with E-state index in [1.165, 1.54) is 36.6 Å². The van der Waals surface area contributed by atoms with Crippen molar-refractivity contribution in [3.63, 3.8) is 0 Å². The van der Waals surface area contributed by atoms with E-state index in [1.54, 1.807) is 19.2 Å². The van der Waals surface area contributed by atoms with E-state index in [-0.39, 0.29) is 37.1 Å². The molecule has 0 aliphatic rings. The maximum absolute atomic E-state index is 11.5. The van der Waals surface area contributed by atoms with Crippen LogP contribution in [0, 0.1) is 10.1 Å². The second-order valence-corrected chi connectivity index (χ2v) is 7.01. The van der Waals surface area contributed by atoms with Gasteiger partial charge in [-0.15, -0.1) is 11.3 Å². The Labute approximate surface area is 187 Å². The summed E-state index contributed by atoms with van der Waals surface area (Å²) in [6.07, 6.45) is 0.0326. The number of anilines is 1. The zero-order valence-corrected chi connectivity index (χ0v) is 18.4. The van der Waals surface area contributed by atoms with Crippen LogP contribution in [0.1, 0.15) is 32.0 Å². The number of carboxylic acid groups (broad SMARTS) is 1. The third-order valence-electron chi connectivity index (χ3n) is 3.75. The number of hydrogen-bond acceptors (Lipinski definition) is 11. The number of nitrogens with zero attached hydrogens (tertiary/aromatic N) is 3. The summed E-state index contributed by atoms with van der Waals surface area (Å²) >= 11 is 1.22. The molecule has 32 heavy (non-hydrogen) atoms. The van der Waals surface area contributed by atoms with Crippen molar-refractivity contribution in [3.8, 4) is 11.5 Å². The van der Waals surface area contributed by atoms with E-state index in [0.717, 1.165) is 0 Å². The summed E-state index contributed by atoms with van der Waals surface area (Å²) in [4.78, 5) is 37.6. The Morgan fingerprint density at radius 2 is 2.12 bits per heavy atom. The smallest absolute Gasteiger partial charge is 0.344 e. The Kier molecular flexibility index (Phi) is 8.89. The molecule has 12 nitrogen and oxygen atoms in total. The molecule has 0 fully saturated rings. The van der Waals surface area contributed by atoms with Crippen molar-refractivity contribution in [3.05, 3.63) is 38.9 Å². The lowest BCUT2D eigenvalue weighted by atomic mass is 10.1. The number of carbonyl (C=O) groups is 2. The fourth-order valence-electron chi connectivity index (χ4n) is 2.39. The van der Waals surface area contributed by atoms with Crippen LogP contribution in [-0.2, 0) is 20.7 Å². The van der Waals surface area contributed by atoms with Crippen LogP contribution in [0.4, 0.5) is 10.8 Å². The van der Waals surface area contributed by atoms with Gasteiger partial charge in [0.2, 0.25) is 10.9 Å². The summed E-state index contributed by atoms with van der Waals surface area (Å²) in [6, 6.07) is 2.63. The minimum atomic E-state index is -1.32. The van der Waals surface area contributed by atoms with Crippen LogP contribution in [0.15, 0.2) is 22.6 Å². The van der Waals surface area contributed by atoms with Gasteiger partial charge in [0, 0.05) is 17.0 Å². The molecular formula is C19H22N4O8S. The molecule has 1 unspecified atom stereocenters. The quantitative estimate of drug-likeness (QED) is 0.206. The summed E-state index contributed by atoms with van der Waals surface area (Å²) < 4.78 is 15.5. The van der Waals surface area contributed by atoms with E-state index in [1.807, 2.05) is 0 Å². The van der Waals surface area contributed by atoms with Gasteiger partial charge in [-0.25, -0.2) is 9.78 Å². The van der Waals surface area contributed by atoms with Gasteiger partial charge in [-0.2, -0.15) is 5.10 Å². The first-order valence-electron chi connectivity index (χ1n) is 9.48. The van der Waals surface area contributed by atoms with Gasteiger partial charge in [0.25, 0.3) is 0 Å². The summed E-state index contributed by atoms with van der Waals surface area (Å²) in [6.45, 7) is 5.11. The number of thiazole rings is 1. The standard InChI is InChI=1S/C19H22N4O8S/c1-4-29-15-7-12(6-14(23(27)28)17(15)31-11(3)18(25)26)9-20-22-19-21-13(10-32-19)8-16(24)30-5-2/h6-7,9-11H,4-5,8H2,1-3H3,(H,21,22)(H,25,26). The van der Waals surface area contributed by atoms with Crippen molar-refractivity contribution in [2.45, 2.75) is 33.3 Å². The van der Waals surface area contributed by atoms with E-state index in [4.69, 9.17) is 19.3 Å². The lowest BCUT2D eigenvalue weighted by molar-refractivity contribution is -0.386. The third kappa shape index (κ3) is 6.91. The molecule has 0 radical (unpaired) electrons. The van der Waals surface area contributed by atoms with Crippen molar-refractivity contribution in [1.29, 1.82) is 0 Å². The lowest BCUT2D eigenvalue weighted by Crippen LogP contribution is -2.23. The van der Waals surface area contributed by atoms with Gasteiger partial charge in [0.15, 0.2) is 11.9 Å². The van der Waals surface area contributed by atoms with Crippen molar-refractivity contribution >= 4 is 40.3 Å². The van der Waals surface area contributed by atoms with Crippen LogP contribution >= 0.6 is 11.3 Å². The molecule has 0 aliphatic carbocycles. The van der Waals surface area contributed by atoms with E-state index in [9.17, 15) is 19.7 Å². The van der Waals surface area contributed by atoms with Crippen molar-refractivity contribution < 1.29 is 33.8 Å². The number of nitrogens with one attached hydrogen (secondary N) is 1. The maximum atomic E-state index is 11.5. The average molecular weight is 466 g/mol. The van der Waals surface area contributed by atoms with Gasteiger partial charge >= 0.3 is 17.6 Å². The summed E-state index contributed by atoms with van der Waals surface area (Å²) in [5, 5.41) is 26.7. The Bertz CT molecular complexity index is 1010. The monoisotopic (exact) mass is 466 g/mol. The number of aromatic nitrogens is 1. The largest absolute Gasteiger partial charge is 0.490 e. The molecule has 172 valence electrons. The summed E-state index contributed by atoms with van der Waals surface area (Å²) in [7, 11) is 0. The van der Waals surface area contributed by atoms with E-state index >= 15 is 0 Å². The number of carbonyl (C=O) groups excluding carboxylic acids is 1. The molecule has 13 heteroatoms. The highest BCUT2D eigenvalue weighted by Gasteiger charge is 2.26. The van der Waals surface area contributed by atoms with Crippen LogP contribution in [0.25, 0.3) is 0 Å². The molecule has 0 bridgehead atoms. The number of hydrazone groups is 1. The van der Waals surface area contributed by atoms with Gasteiger partial charge < -0.3 is 19.3 Å². The highest BCUT2D eigenvalue weighted by molar-refractivity contribution is 7.13. The van der Waals surface area contributed by atoms with Gasteiger partial charge in [-0.05, 0) is 26.8 Å². The number of hydrogen-bond donors (Lipinski definition) is 2. The molecule has 0 spiro atoms. The number of ether oxygens (including phenoxy) is 3. The minimum absolute atomic E-state index is 0.0159. The Balaban J connectivity index is 2.21. The van der Waals surface area contributed by atoms with Crippen LogP contribution in [-0.4, -0.2) is 52.5 Å². The number of rotatable bonds is 12. The zero-order chi connectivity index (χ0) is 23.7. The molecule has 1 aromatic heterocycles. The van der Waals surface area contributed by atoms with Gasteiger partial charge in [0.1, 0.15) is 0 Å². The predicted molar refractivity (Wildman–Crippen MR) is 116 cm³/mol. The molecule has 1 atom stereocenters. The Hall–Kier alpha value is -3.74. The summed E-state index contributed by atoms with van der Waals surface area (Å²) in [5.74, 6) is -1.92. The first kappa shape index (κ1) is 24.5. The van der Waals surface area contributed by atoms with E-state index in [0.29, 0.717) is 16.4 Å². The molecule has 2 aromatic rings. The van der Waals surface area contributed by atoms with E-state index < -0.39 is 22.7 Å². The Morgan fingerprint density at radius 1 is 1.38 bits per heavy atom. The molecule has 1 heterocycles. The van der Waals surface area contributed by atoms with Crippen LogP contribution in [0.5, 0.6) is 11.5 Å². The molecule has 0 amide bonds. The second-order valence-electron chi connectivity index (χ2n) is 6.15. The average Bonchev–Trinajstić information content (AvgIpc) is 3.16. The molecule has 0 saturated heterocycles. The first-order chi connectivity index (χ1) is 15.2. The molecule has 0 aliphatic heterocycles. The zero-order valence-electron chi connectivity index (χ0n) is 17.6. The van der Waals surface area contributed by atoms with Crippen LogP contribution < -0.4 is 14.9 Å². The molecule has 1 aromatic carbocycles. The number of benzene rings is 1. The fraction of sp³-hybridized carbons (Fsp3) is 0.368. The number of esters is 1. The topological polar surface area (TPSA) is 162 Å². The SMILES string of the molecule is CCOC(=O)Cc1csc(NN=Cc2cc(OCC)c(OC(C)C(=O)O)c([N+](=O)[O-])c2)n1. The van der Waals surface area contributed by atoms with Crippen LogP contribution in [0.2, 0.25) is 0 Å². The van der Waals surface area contributed by atoms with Gasteiger partial charge in [-0.3, -0.25) is 20.3 Å². The molecule has 0 saturated carbocycles. The fourth-order valence-corrected chi connectivity index (χ4v) is 3.05. The molecule has 2 rings (SSSR count). The van der Waals surface area contributed by atoms with Crippen LogP contribution in [0.3, 0.4) is 0 Å². The number of nitro groups is 1. The van der Waals surface area contributed by atoms with E-state index in [2.05, 4.69) is 15.5 Å². The number of aliphatic carboxylic acids is 1. The highest BCUT2D eigenvalue weighted by atomic mass is 32.1. The third-order valence-corrected chi connectivity index (χ3v) is 4.55. The Morgan fingerprint density at radius 3 is 2.75 bits per heavy atom. The minimum Gasteiger partial charge on any atom is -0.490 e. The lowest BCUT2D eigenvalue weighted by Gasteiger charge is -2.15. The predicted octanol–water partition coefficient (Wildman–Crippen LogP) is 2.85. The maximum Gasteiger partial charge on any atom is 0.344 e. The molecule has 2 N–H and O–H groups in total. The van der Waals surface area contributed by atoms with Crippen molar-refractivity contribution in [1.82, 2.24) is 4.98 Å². The van der Waals surface area contributed by atoms with Gasteiger partial charge in [-0.1, -0.05) is 0 Å².